The van der Waals surface area contributed by atoms with E-state index < -0.39 is 0 Å². The highest BCUT2D eigenvalue weighted by Crippen LogP contribution is 2.14. The zero-order valence-electron chi connectivity index (χ0n) is 16.2. The first-order valence-electron chi connectivity index (χ1n) is 9.60. The fraction of sp³-hybridized carbons (Fsp3) is 0.227. The van der Waals surface area contributed by atoms with Crippen molar-refractivity contribution in [1.29, 1.82) is 0 Å². The molecule has 7 heteroatoms. The second-order valence-electron chi connectivity index (χ2n) is 6.67. The number of fused-ring (bicyclic) bond motifs is 3. The second-order valence-corrected chi connectivity index (χ2v) is 6.67. The molecule has 1 amide bonds. The maximum atomic E-state index is 12.8. The predicted octanol–water partition coefficient (Wildman–Crippen LogP) is 2.75. The minimum Gasteiger partial charge on any atom is -0.494 e. The number of ether oxygens (including phenoxy) is 1. The first-order valence-corrected chi connectivity index (χ1v) is 9.60. The van der Waals surface area contributed by atoms with Crippen LogP contribution in [0.15, 0.2) is 65.7 Å². The zero-order valence-corrected chi connectivity index (χ0v) is 16.2. The molecular weight excluding hydrogens is 368 g/mol. The normalized spacial score (nSPS) is 11.1. The molecule has 1 N–H and O–H groups in total. The van der Waals surface area contributed by atoms with Crippen LogP contribution < -0.4 is 15.6 Å². The first kappa shape index (κ1) is 18.7. The van der Waals surface area contributed by atoms with Gasteiger partial charge in [0, 0.05) is 31.9 Å². The van der Waals surface area contributed by atoms with Crippen LogP contribution in [0.3, 0.4) is 0 Å². The van der Waals surface area contributed by atoms with Crippen molar-refractivity contribution in [3.63, 3.8) is 0 Å². The van der Waals surface area contributed by atoms with E-state index in [4.69, 9.17) is 4.74 Å². The summed E-state index contributed by atoms with van der Waals surface area (Å²) in [5.74, 6) is 0.687. The molecule has 148 valence electrons. The smallest absolute Gasteiger partial charge is 0.276 e. The van der Waals surface area contributed by atoms with Crippen molar-refractivity contribution in [3.8, 4) is 5.75 Å². The van der Waals surface area contributed by atoms with E-state index in [0.717, 1.165) is 16.8 Å². The summed E-state index contributed by atoms with van der Waals surface area (Å²) in [5.41, 5.74) is 2.81. The topological polar surface area (TPSA) is 77.6 Å². The lowest BCUT2D eigenvalue weighted by molar-refractivity contribution is -0.121. The van der Waals surface area contributed by atoms with Crippen molar-refractivity contribution < 1.29 is 9.53 Å². The number of carbonyl (C=O) groups is 1. The highest BCUT2D eigenvalue weighted by molar-refractivity contribution is 5.77. The molecule has 0 atom stereocenters. The van der Waals surface area contributed by atoms with Gasteiger partial charge in [-0.15, -0.1) is 0 Å². The molecule has 4 rings (SSSR count). The molecule has 0 bridgehead atoms. The Hall–Kier alpha value is -3.61. The standard InChI is InChI=1S/C22H22N4O3/c1-2-29-17-9-7-16(8-10-17)15-24-20(27)11-14-26-21-18(5-3-12-23-21)25-13-4-6-19(25)22(26)28/h3-10,12-13H,2,11,14-15H2,1H3,(H,24,27). The lowest BCUT2D eigenvalue weighted by Crippen LogP contribution is -2.28. The fourth-order valence-corrected chi connectivity index (χ4v) is 3.36. The molecule has 0 spiro atoms. The van der Waals surface area contributed by atoms with E-state index in [2.05, 4.69) is 10.3 Å². The summed E-state index contributed by atoms with van der Waals surface area (Å²) < 4.78 is 8.81. The predicted molar refractivity (Wildman–Crippen MR) is 111 cm³/mol. The SMILES string of the molecule is CCOc1ccc(CNC(=O)CCn2c(=O)c3cccn3c3cccnc32)cc1. The van der Waals surface area contributed by atoms with E-state index >= 15 is 0 Å². The summed E-state index contributed by atoms with van der Waals surface area (Å²) in [4.78, 5) is 29.5. The van der Waals surface area contributed by atoms with E-state index in [1.54, 1.807) is 16.8 Å². The van der Waals surface area contributed by atoms with Gasteiger partial charge in [0.25, 0.3) is 5.56 Å². The minimum atomic E-state index is -0.152. The van der Waals surface area contributed by atoms with Crippen LogP contribution in [0.1, 0.15) is 18.9 Å². The molecular formula is C22H22N4O3. The third-order valence-corrected chi connectivity index (χ3v) is 4.78. The molecule has 3 aromatic heterocycles. The molecule has 0 aliphatic rings. The monoisotopic (exact) mass is 390 g/mol. The third-order valence-electron chi connectivity index (χ3n) is 4.78. The number of benzene rings is 1. The van der Waals surface area contributed by atoms with Crippen molar-refractivity contribution >= 4 is 22.6 Å². The Balaban J connectivity index is 1.45. The van der Waals surface area contributed by atoms with Crippen LogP contribution in [0, 0.1) is 0 Å². The van der Waals surface area contributed by atoms with Gasteiger partial charge in [-0.25, -0.2) is 4.98 Å². The lowest BCUT2D eigenvalue weighted by Gasteiger charge is -2.12. The van der Waals surface area contributed by atoms with Gasteiger partial charge in [-0.05, 0) is 48.9 Å². The summed E-state index contributed by atoms with van der Waals surface area (Å²) in [6.07, 6.45) is 3.69. The molecule has 0 radical (unpaired) electrons. The van der Waals surface area contributed by atoms with E-state index in [9.17, 15) is 9.59 Å². The number of pyridine rings is 1. The molecule has 4 aromatic rings. The van der Waals surface area contributed by atoms with Crippen LogP contribution in [-0.2, 0) is 17.9 Å². The number of hydrogen-bond acceptors (Lipinski definition) is 4. The number of nitrogens with one attached hydrogen (secondary N) is 1. The molecule has 0 saturated heterocycles. The highest BCUT2D eigenvalue weighted by atomic mass is 16.5. The summed E-state index contributed by atoms with van der Waals surface area (Å²) in [5, 5.41) is 2.90. The van der Waals surface area contributed by atoms with Gasteiger partial charge in [-0.1, -0.05) is 12.1 Å². The average molecular weight is 390 g/mol. The zero-order chi connectivity index (χ0) is 20.2. The molecule has 0 aliphatic heterocycles. The quantitative estimate of drug-likeness (QED) is 0.526. The van der Waals surface area contributed by atoms with Crippen molar-refractivity contribution in [3.05, 3.63) is 76.8 Å². The van der Waals surface area contributed by atoms with Gasteiger partial charge in [-0.3, -0.25) is 14.2 Å². The molecule has 3 heterocycles. The summed E-state index contributed by atoms with van der Waals surface area (Å²) in [6, 6.07) is 15.0. The summed E-state index contributed by atoms with van der Waals surface area (Å²) >= 11 is 0. The first-order chi connectivity index (χ1) is 14.2. The molecule has 0 unspecified atom stereocenters. The number of aromatic nitrogens is 3. The molecule has 29 heavy (non-hydrogen) atoms. The fourth-order valence-electron chi connectivity index (χ4n) is 3.36. The van der Waals surface area contributed by atoms with E-state index in [-0.39, 0.29) is 24.4 Å². The number of hydrogen-bond donors (Lipinski definition) is 1. The van der Waals surface area contributed by atoms with Crippen molar-refractivity contribution in [2.24, 2.45) is 0 Å². The highest BCUT2D eigenvalue weighted by Gasteiger charge is 2.12. The molecule has 0 saturated carbocycles. The summed E-state index contributed by atoms with van der Waals surface area (Å²) in [7, 11) is 0. The van der Waals surface area contributed by atoms with Crippen LogP contribution in [0.25, 0.3) is 16.7 Å². The van der Waals surface area contributed by atoms with Crippen LogP contribution >= 0.6 is 0 Å². The van der Waals surface area contributed by atoms with Crippen molar-refractivity contribution in [2.45, 2.75) is 26.4 Å². The van der Waals surface area contributed by atoms with Gasteiger partial charge in [0.15, 0.2) is 5.65 Å². The number of aryl methyl sites for hydroxylation is 1. The average Bonchev–Trinajstić information content (AvgIpc) is 3.24. The Morgan fingerprint density at radius 3 is 2.69 bits per heavy atom. The van der Waals surface area contributed by atoms with Crippen LogP contribution in [-0.4, -0.2) is 26.5 Å². The van der Waals surface area contributed by atoms with Crippen molar-refractivity contribution in [1.82, 2.24) is 19.3 Å². The maximum Gasteiger partial charge on any atom is 0.276 e. The van der Waals surface area contributed by atoms with Gasteiger partial charge in [0.2, 0.25) is 5.91 Å². The van der Waals surface area contributed by atoms with Gasteiger partial charge in [-0.2, -0.15) is 0 Å². The Morgan fingerprint density at radius 1 is 1.10 bits per heavy atom. The largest absolute Gasteiger partial charge is 0.494 e. The third kappa shape index (κ3) is 3.85. The van der Waals surface area contributed by atoms with E-state index in [0.29, 0.717) is 24.3 Å². The Kier molecular flexibility index (Phi) is 5.29. The maximum absolute atomic E-state index is 12.8. The van der Waals surface area contributed by atoms with Crippen LogP contribution in [0.4, 0.5) is 0 Å². The van der Waals surface area contributed by atoms with Crippen LogP contribution in [0.2, 0.25) is 0 Å². The Labute approximate surface area is 167 Å². The lowest BCUT2D eigenvalue weighted by atomic mass is 10.2. The summed E-state index contributed by atoms with van der Waals surface area (Å²) in [6.45, 7) is 3.25. The van der Waals surface area contributed by atoms with E-state index in [1.165, 1.54) is 0 Å². The molecule has 1 aromatic carbocycles. The number of rotatable bonds is 7. The van der Waals surface area contributed by atoms with Gasteiger partial charge in [0.1, 0.15) is 11.3 Å². The molecule has 0 fully saturated rings. The number of nitrogens with zero attached hydrogens (tertiary/aromatic N) is 3. The molecule has 7 nitrogen and oxygen atoms in total. The minimum absolute atomic E-state index is 0.120. The van der Waals surface area contributed by atoms with Gasteiger partial charge >= 0.3 is 0 Å². The molecule has 0 aliphatic carbocycles. The number of amides is 1. The Bertz CT molecular complexity index is 1210. The van der Waals surface area contributed by atoms with Gasteiger partial charge in [0.05, 0.1) is 12.1 Å². The number of carbonyl (C=O) groups excluding carboxylic acids is 1. The van der Waals surface area contributed by atoms with Gasteiger partial charge < -0.3 is 14.5 Å². The van der Waals surface area contributed by atoms with E-state index in [1.807, 2.05) is 60.0 Å². The van der Waals surface area contributed by atoms with Crippen LogP contribution in [0.5, 0.6) is 5.75 Å². The van der Waals surface area contributed by atoms with Crippen molar-refractivity contribution in [2.75, 3.05) is 6.61 Å². The Morgan fingerprint density at radius 2 is 1.90 bits per heavy atom. The second kappa shape index (κ2) is 8.18.